The number of benzene rings is 1. The Morgan fingerprint density at radius 3 is 2.69 bits per heavy atom. The van der Waals surface area contributed by atoms with Crippen molar-refractivity contribution >= 4 is 27.5 Å². The molecule has 0 fully saturated rings. The first kappa shape index (κ1) is 12.4. The highest BCUT2D eigenvalue weighted by molar-refractivity contribution is 9.10. The number of hydrogen-bond donors (Lipinski definition) is 1. The third-order valence-electron chi connectivity index (χ3n) is 3.10. The Morgan fingerprint density at radius 1 is 1.38 bits per heavy atom. The average molecular weight is 303 g/mol. The maximum Gasteiger partial charge on any atom is 0.0420 e. The second kappa shape index (κ2) is 4.32. The van der Waals surface area contributed by atoms with Crippen LogP contribution in [0.25, 0.3) is 0 Å². The van der Waals surface area contributed by atoms with E-state index in [1.54, 1.807) is 0 Å². The zero-order valence-corrected chi connectivity index (χ0v) is 12.2. The Bertz CT molecular complexity index is 409. The number of fused-ring (bicyclic) bond motifs is 1. The fourth-order valence-corrected chi connectivity index (χ4v) is 3.40. The summed E-state index contributed by atoms with van der Waals surface area (Å²) in [5.74, 6) is 0. The van der Waals surface area contributed by atoms with Crippen LogP contribution in [0.3, 0.4) is 0 Å². The highest BCUT2D eigenvalue weighted by Crippen LogP contribution is 2.40. The van der Waals surface area contributed by atoms with Gasteiger partial charge in [-0.2, -0.15) is 0 Å². The van der Waals surface area contributed by atoms with Gasteiger partial charge in [-0.05, 0) is 41.6 Å². The van der Waals surface area contributed by atoms with E-state index in [1.807, 2.05) is 6.07 Å². The molecule has 1 heterocycles. The van der Waals surface area contributed by atoms with Crippen LogP contribution in [-0.2, 0) is 6.42 Å². The molecule has 1 unspecified atom stereocenters. The lowest BCUT2D eigenvalue weighted by atomic mass is 9.78. The summed E-state index contributed by atoms with van der Waals surface area (Å²) in [5.41, 5.74) is 2.96. The molecule has 16 heavy (non-hydrogen) atoms. The molecule has 1 aliphatic heterocycles. The lowest BCUT2D eigenvalue weighted by Crippen LogP contribution is -2.38. The number of halogens is 2. The quantitative estimate of drug-likeness (QED) is 0.752. The highest BCUT2D eigenvalue weighted by atomic mass is 79.9. The molecule has 0 aliphatic carbocycles. The summed E-state index contributed by atoms with van der Waals surface area (Å²) in [5, 5.41) is 4.40. The summed E-state index contributed by atoms with van der Waals surface area (Å²) in [6, 6.07) is 4.47. The minimum absolute atomic E-state index is 0.208. The topological polar surface area (TPSA) is 12.0 Å². The Balaban J connectivity index is 2.54. The minimum Gasteiger partial charge on any atom is -0.309 e. The molecule has 0 radical (unpaired) electrons. The van der Waals surface area contributed by atoms with E-state index < -0.39 is 0 Å². The van der Waals surface area contributed by atoms with E-state index >= 15 is 0 Å². The van der Waals surface area contributed by atoms with E-state index in [9.17, 15) is 0 Å². The molecule has 0 bridgehead atoms. The van der Waals surface area contributed by atoms with E-state index in [0.29, 0.717) is 6.04 Å². The summed E-state index contributed by atoms with van der Waals surface area (Å²) in [7, 11) is 0. The van der Waals surface area contributed by atoms with Crippen LogP contribution in [0.4, 0.5) is 0 Å². The van der Waals surface area contributed by atoms with Crippen LogP contribution in [0.15, 0.2) is 16.6 Å². The first-order chi connectivity index (χ1) is 7.39. The van der Waals surface area contributed by atoms with Gasteiger partial charge in [-0.3, -0.25) is 0 Å². The Labute approximate surface area is 111 Å². The molecule has 1 N–H and O–H groups in total. The van der Waals surface area contributed by atoms with E-state index in [2.05, 4.69) is 48.1 Å². The van der Waals surface area contributed by atoms with Crippen molar-refractivity contribution in [1.82, 2.24) is 5.32 Å². The zero-order valence-electron chi connectivity index (χ0n) is 9.90. The molecule has 1 aromatic carbocycles. The highest BCUT2D eigenvalue weighted by Gasteiger charge is 2.31. The van der Waals surface area contributed by atoms with Gasteiger partial charge in [0, 0.05) is 15.5 Å². The SMILES string of the molecule is CC(C)(C)C1NCCc2c(Br)cc(Cl)cc21. The fourth-order valence-electron chi connectivity index (χ4n) is 2.37. The summed E-state index contributed by atoms with van der Waals surface area (Å²) in [6.07, 6.45) is 1.07. The minimum atomic E-state index is 0.208. The number of hydrogen-bond acceptors (Lipinski definition) is 1. The third-order valence-corrected chi connectivity index (χ3v) is 4.02. The molecule has 1 aliphatic rings. The van der Waals surface area contributed by atoms with Crippen molar-refractivity contribution in [3.8, 4) is 0 Å². The van der Waals surface area contributed by atoms with Crippen LogP contribution in [0.5, 0.6) is 0 Å². The van der Waals surface area contributed by atoms with Gasteiger partial charge in [-0.1, -0.05) is 48.3 Å². The van der Waals surface area contributed by atoms with E-state index in [1.165, 1.54) is 11.1 Å². The van der Waals surface area contributed by atoms with E-state index in [4.69, 9.17) is 11.6 Å². The van der Waals surface area contributed by atoms with Gasteiger partial charge in [0.05, 0.1) is 0 Å². The molecule has 88 valence electrons. The number of rotatable bonds is 0. The normalized spacial score (nSPS) is 20.7. The summed E-state index contributed by atoms with van der Waals surface area (Å²) in [4.78, 5) is 0. The monoisotopic (exact) mass is 301 g/mol. The maximum absolute atomic E-state index is 6.14. The molecule has 0 saturated carbocycles. The average Bonchev–Trinajstić information content (AvgIpc) is 2.15. The van der Waals surface area contributed by atoms with Gasteiger partial charge in [-0.25, -0.2) is 0 Å². The van der Waals surface area contributed by atoms with Gasteiger partial charge in [-0.15, -0.1) is 0 Å². The Kier molecular flexibility index (Phi) is 3.35. The second-order valence-electron chi connectivity index (χ2n) is 5.46. The van der Waals surface area contributed by atoms with Gasteiger partial charge in [0.15, 0.2) is 0 Å². The lowest BCUT2D eigenvalue weighted by Gasteiger charge is -2.37. The van der Waals surface area contributed by atoms with Crippen molar-refractivity contribution in [1.29, 1.82) is 0 Å². The summed E-state index contributed by atoms with van der Waals surface area (Å²) < 4.78 is 1.14. The van der Waals surface area contributed by atoms with Gasteiger partial charge >= 0.3 is 0 Å². The lowest BCUT2D eigenvalue weighted by molar-refractivity contribution is 0.263. The molecular weight excluding hydrogens is 286 g/mol. The second-order valence-corrected chi connectivity index (χ2v) is 6.75. The van der Waals surface area contributed by atoms with Crippen LogP contribution < -0.4 is 5.32 Å². The van der Waals surface area contributed by atoms with Crippen LogP contribution in [0.2, 0.25) is 5.02 Å². The molecule has 1 atom stereocenters. The Hall–Kier alpha value is -0.0500. The third kappa shape index (κ3) is 2.29. The van der Waals surface area contributed by atoms with Gasteiger partial charge in [0.25, 0.3) is 0 Å². The maximum atomic E-state index is 6.14. The van der Waals surface area contributed by atoms with E-state index in [0.717, 1.165) is 22.5 Å². The molecular formula is C13H17BrClN. The van der Waals surface area contributed by atoms with Crippen molar-refractivity contribution in [2.75, 3.05) is 6.54 Å². The van der Waals surface area contributed by atoms with Crippen LogP contribution in [0, 0.1) is 5.41 Å². The zero-order chi connectivity index (χ0) is 11.9. The van der Waals surface area contributed by atoms with Gasteiger partial charge in [0.1, 0.15) is 0 Å². The van der Waals surface area contributed by atoms with E-state index in [-0.39, 0.29) is 5.41 Å². The molecule has 0 saturated heterocycles. The summed E-state index contributed by atoms with van der Waals surface area (Å²) >= 11 is 9.75. The molecule has 2 rings (SSSR count). The molecule has 1 nitrogen and oxygen atoms in total. The molecule has 0 spiro atoms. The smallest absolute Gasteiger partial charge is 0.0420 e. The molecule has 0 amide bonds. The van der Waals surface area contributed by atoms with Crippen molar-refractivity contribution in [3.05, 3.63) is 32.8 Å². The number of nitrogens with one attached hydrogen (secondary N) is 1. The van der Waals surface area contributed by atoms with Crippen LogP contribution in [0.1, 0.15) is 37.9 Å². The van der Waals surface area contributed by atoms with Gasteiger partial charge < -0.3 is 5.32 Å². The van der Waals surface area contributed by atoms with Crippen molar-refractivity contribution in [3.63, 3.8) is 0 Å². The van der Waals surface area contributed by atoms with Crippen molar-refractivity contribution < 1.29 is 0 Å². The first-order valence-corrected chi connectivity index (χ1v) is 6.78. The first-order valence-electron chi connectivity index (χ1n) is 5.61. The molecule has 1 aromatic rings. The van der Waals surface area contributed by atoms with Gasteiger partial charge in [0.2, 0.25) is 0 Å². The predicted octanol–water partition coefficient (Wildman–Crippen LogP) is 4.34. The van der Waals surface area contributed by atoms with Crippen molar-refractivity contribution in [2.45, 2.75) is 33.2 Å². The fraction of sp³-hybridized carbons (Fsp3) is 0.538. The standard InChI is InChI=1S/C13H17BrClN/c1-13(2,3)12-10-6-8(15)7-11(14)9(10)4-5-16-12/h6-7,12,16H,4-5H2,1-3H3. The van der Waals surface area contributed by atoms with Crippen LogP contribution in [-0.4, -0.2) is 6.54 Å². The van der Waals surface area contributed by atoms with Crippen LogP contribution >= 0.6 is 27.5 Å². The largest absolute Gasteiger partial charge is 0.309 e. The summed E-state index contributed by atoms with van der Waals surface area (Å²) in [6.45, 7) is 7.81. The molecule has 0 aromatic heterocycles. The Morgan fingerprint density at radius 2 is 2.06 bits per heavy atom. The predicted molar refractivity (Wildman–Crippen MR) is 73.1 cm³/mol. The molecule has 3 heteroatoms. The van der Waals surface area contributed by atoms with Crippen molar-refractivity contribution in [2.24, 2.45) is 5.41 Å².